The molecule has 0 aliphatic carbocycles. The number of aromatic nitrogens is 1. The smallest absolute Gasteiger partial charge is 0.238 e. The fourth-order valence-electron chi connectivity index (χ4n) is 3.52. The van der Waals surface area contributed by atoms with E-state index >= 15 is 0 Å². The normalized spacial score (nSPS) is 17.0. The Morgan fingerprint density at radius 2 is 2.04 bits per heavy atom. The number of rotatable bonds is 6. The third kappa shape index (κ3) is 4.01. The molecule has 0 spiro atoms. The minimum atomic E-state index is -3.43. The summed E-state index contributed by atoms with van der Waals surface area (Å²) >= 11 is 0. The van der Waals surface area contributed by atoms with Gasteiger partial charge in [0.25, 0.3) is 0 Å². The molecule has 0 N–H and O–H groups in total. The Labute approximate surface area is 160 Å². The Hall–Kier alpha value is -2.32. The molecule has 3 rings (SSSR count). The van der Waals surface area contributed by atoms with Crippen LogP contribution in [-0.2, 0) is 21.4 Å². The number of benzene rings is 1. The predicted molar refractivity (Wildman–Crippen MR) is 103 cm³/mol. The van der Waals surface area contributed by atoms with E-state index in [4.69, 9.17) is 4.74 Å². The van der Waals surface area contributed by atoms with Crippen molar-refractivity contribution in [2.24, 2.45) is 0 Å². The predicted octanol–water partition coefficient (Wildman–Crippen LogP) is 1.71. The Morgan fingerprint density at radius 1 is 1.26 bits per heavy atom. The SMILES string of the molecule is CCN(CC(=O)N1CCn2cccc2C1c1cccc(OC)c1)S(C)(=O)=O. The summed E-state index contributed by atoms with van der Waals surface area (Å²) in [6.07, 6.45) is 3.13. The van der Waals surface area contributed by atoms with Gasteiger partial charge in [-0.05, 0) is 29.8 Å². The second-order valence-corrected chi connectivity index (χ2v) is 8.56. The van der Waals surface area contributed by atoms with Crippen LogP contribution in [0.3, 0.4) is 0 Å². The number of amides is 1. The average molecular weight is 391 g/mol. The largest absolute Gasteiger partial charge is 0.497 e. The van der Waals surface area contributed by atoms with Gasteiger partial charge in [0, 0.05) is 31.5 Å². The maximum absolute atomic E-state index is 13.1. The molecule has 2 heterocycles. The molecule has 7 nitrogen and oxygen atoms in total. The monoisotopic (exact) mass is 391 g/mol. The number of likely N-dealkylation sites (N-methyl/N-ethyl adjacent to an activating group) is 1. The lowest BCUT2D eigenvalue weighted by Gasteiger charge is -2.38. The third-order valence-corrected chi connectivity index (χ3v) is 6.23. The molecular formula is C19H25N3O4S. The van der Waals surface area contributed by atoms with Crippen molar-refractivity contribution in [3.63, 3.8) is 0 Å². The number of nitrogens with zero attached hydrogens (tertiary/aromatic N) is 3. The van der Waals surface area contributed by atoms with Gasteiger partial charge >= 0.3 is 0 Å². The fraction of sp³-hybridized carbons (Fsp3) is 0.421. The molecule has 1 aliphatic heterocycles. The van der Waals surface area contributed by atoms with Gasteiger partial charge in [-0.25, -0.2) is 8.42 Å². The number of carbonyl (C=O) groups is 1. The van der Waals surface area contributed by atoms with E-state index in [2.05, 4.69) is 4.57 Å². The summed E-state index contributed by atoms with van der Waals surface area (Å²) in [6.45, 7) is 3.04. The Bertz CT molecular complexity index is 923. The minimum absolute atomic E-state index is 0.156. The number of hydrogen-bond donors (Lipinski definition) is 0. The molecule has 1 aromatic heterocycles. The molecule has 27 heavy (non-hydrogen) atoms. The average Bonchev–Trinajstić information content (AvgIpc) is 3.12. The van der Waals surface area contributed by atoms with Gasteiger partial charge in [0.2, 0.25) is 15.9 Å². The van der Waals surface area contributed by atoms with Crippen molar-refractivity contribution in [3.05, 3.63) is 53.9 Å². The highest BCUT2D eigenvalue weighted by Gasteiger charge is 2.33. The van der Waals surface area contributed by atoms with E-state index in [1.165, 1.54) is 4.31 Å². The first kappa shape index (κ1) is 19.4. The molecule has 0 bridgehead atoms. The lowest BCUT2D eigenvalue weighted by atomic mass is 9.99. The summed E-state index contributed by atoms with van der Waals surface area (Å²) in [6, 6.07) is 11.3. The molecule has 1 amide bonds. The van der Waals surface area contributed by atoms with Crippen molar-refractivity contribution in [3.8, 4) is 5.75 Å². The minimum Gasteiger partial charge on any atom is -0.497 e. The number of carbonyl (C=O) groups excluding carboxylic acids is 1. The lowest BCUT2D eigenvalue weighted by molar-refractivity contribution is -0.134. The van der Waals surface area contributed by atoms with Crippen LogP contribution in [0.4, 0.5) is 0 Å². The van der Waals surface area contributed by atoms with E-state index in [-0.39, 0.29) is 25.0 Å². The van der Waals surface area contributed by atoms with Gasteiger partial charge in [-0.2, -0.15) is 4.31 Å². The number of methoxy groups -OCH3 is 1. The number of ether oxygens (including phenoxy) is 1. The molecule has 0 saturated carbocycles. The highest BCUT2D eigenvalue weighted by Crippen LogP contribution is 2.34. The first-order valence-corrected chi connectivity index (χ1v) is 10.7. The zero-order valence-corrected chi connectivity index (χ0v) is 16.6. The van der Waals surface area contributed by atoms with Crippen molar-refractivity contribution in [2.75, 3.05) is 33.0 Å². The maximum Gasteiger partial charge on any atom is 0.238 e. The van der Waals surface area contributed by atoms with Crippen LogP contribution in [-0.4, -0.2) is 61.1 Å². The van der Waals surface area contributed by atoms with Crippen molar-refractivity contribution in [1.82, 2.24) is 13.8 Å². The van der Waals surface area contributed by atoms with Gasteiger partial charge in [0.1, 0.15) is 5.75 Å². The van der Waals surface area contributed by atoms with E-state index in [9.17, 15) is 13.2 Å². The summed E-state index contributed by atoms with van der Waals surface area (Å²) < 4.78 is 32.5. The number of hydrogen-bond acceptors (Lipinski definition) is 4. The molecule has 0 saturated heterocycles. The van der Waals surface area contributed by atoms with E-state index in [0.29, 0.717) is 13.1 Å². The quantitative estimate of drug-likeness (QED) is 0.752. The van der Waals surface area contributed by atoms with Crippen LogP contribution in [0.25, 0.3) is 0 Å². The van der Waals surface area contributed by atoms with Crippen LogP contribution in [0.15, 0.2) is 42.6 Å². The van der Waals surface area contributed by atoms with Crippen molar-refractivity contribution >= 4 is 15.9 Å². The van der Waals surface area contributed by atoms with Crippen molar-refractivity contribution in [1.29, 1.82) is 0 Å². The highest BCUT2D eigenvalue weighted by atomic mass is 32.2. The van der Waals surface area contributed by atoms with Gasteiger partial charge < -0.3 is 14.2 Å². The van der Waals surface area contributed by atoms with Gasteiger partial charge in [0.05, 0.1) is 26.0 Å². The van der Waals surface area contributed by atoms with Crippen molar-refractivity contribution < 1.29 is 17.9 Å². The molecule has 0 fully saturated rings. The van der Waals surface area contributed by atoms with Crippen molar-refractivity contribution in [2.45, 2.75) is 19.5 Å². The molecular weight excluding hydrogens is 366 g/mol. The summed E-state index contributed by atoms with van der Waals surface area (Å²) in [7, 11) is -1.82. The first-order valence-electron chi connectivity index (χ1n) is 8.88. The Morgan fingerprint density at radius 3 is 2.70 bits per heavy atom. The second kappa shape index (κ2) is 7.74. The van der Waals surface area contributed by atoms with E-state index in [0.717, 1.165) is 23.3 Å². The summed E-state index contributed by atoms with van der Waals surface area (Å²) in [4.78, 5) is 14.8. The van der Waals surface area contributed by atoms with Gasteiger partial charge in [-0.3, -0.25) is 4.79 Å². The zero-order chi connectivity index (χ0) is 19.6. The third-order valence-electron chi connectivity index (χ3n) is 4.90. The summed E-state index contributed by atoms with van der Waals surface area (Å²) in [5.41, 5.74) is 1.94. The molecule has 1 atom stereocenters. The molecule has 1 unspecified atom stereocenters. The maximum atomic E-state index is 13.1. The van der Waals surface area contributed by atoms with Gasteiger partial charge in [-0.1, -0.05) is 19.1 Å². The van der Waals surface area contributed by atoms with E-state index in [1.807, 2.05) is 42.6 Å². The molecule has 8 heteroatoms. The molecule has 1 aromatic carbocycles. The molecule has 2 aromatic rings. The van der Waals surface area contributed by atoms with Crippen LogP contribution in [0.1, 0.15) is 24.2 Å². The Kier molecular flexibility index (Phi) is 5.57. The first-order chi connectivity index (χ1) is 12.8. The highest BCUT2D eigenvalue weighted by molar-refractivity contribution is 7.88. The van der Waals surface area contributed by atoms with Crippen LogP contribution >= 0.6 is 0 Å². The van der Waals surface area contributed by atoms with Crippen LogP contribution < -0.4 is 4.74 Å². The topological polar surface area (TPSA) is 71.9 Å². The van der Waals surface area contributed by atoms with Crippen LogP contribution in [0.2, 0.25) is 0 Å². The van der Waals surface area contributed by atoms with Crippen LogP contribution in [0.5, 0.6) is 5.75 Å². The van der Waals surface area contributed by atoms with E-state index in [1.54, 1.807) is 18.9 Å². The lowest BCUT2D eigenvalue weighted by Crippen LogP contribution is -2.47. The Balaban J connectivity index is 1.97. The zero-order valence-electron chi connectivity index (χ0n) is 15.8. The fourth-order valence-corrected chi connectivity index (χ4v) is 4.33. The molecule has 146 valence electrons. The molecule has 0 radical (unpaired) electrons. The summed E-state index contributed by atoms with van der Waals surface area (Å²) in [5, 5.41) is 0. The molecule has 1 aliphatic rings. The number of sulfonamides is 1. The number of fused-ring (bicyclic) bond motifs is 1. The summed E-state index contributed by atoms with van der Waals surface area (Å²) in [5.74, 6) is 0.512. The van der Waals surface area contributed by atoms with Crippen LogP contribution in [0, 0.1) is 0 Å². The second-order valence-electron chi connectivity index (χ2n) is 6.58. The standard InChI is InChI=1S/C19H25N3O4S/c1-4-21(27(3,24)25)14-18(23)22-12-11-20-10-6-9-17(20)19(22)15-7-5-8-16(13-15)26-2/h5-10,13,19H,4,11-12,14H2,1-3H3. The van der Waals surface area contributed by atoms with Gasteiger partial charge in [-0.15, -0.1) is 0 Å². The van der Waals surface area contributed by atoms with E-state index < -0.39 is 10.0 Å². The van der Waals surface area contributed by atoms with Gasteiger partial charge in [0.15, 0.2) is 0 Å².